The minimum absolute atomic E-state index is 0.237. The normalized spacial score (nSPS) is 12.1. The molecule has 0 aliphatic carbocycles. The highest BCUT2D eigenvalue weighted by Crippen LogP contribution is 2.33. The molecule has 3 nitrogen and oxygen atoms in total. The summed E-state index contributed by atoms with van der Waals surface area (Å²) < 4.78 is 11.0. The average molecular weight is 342 g/mol. The van der Waals surface area contributed by atoms with Gasteiger partial charge in [0.05, 0.1) is 14.2 Å². The summed E-state index contributed by atoms with van der Waals surface area (Å²) in [6.45, 7) is 6.68. The zero-order valence-electron chi connectivity index (χ0n) is 16.1. The van der Waals surface area contributed by atoms with Crippen molar-refractivity contribution in [2.75, 3.05) is 20.8 Å². The zero-order valence-corrected chi connectivity index (χ0v) is 16.1. The van der Waals surface area contributed by atoms with Gasteiger partial charge in [0.25, 0.3) is 0 Å². The molecule has 3 heteroatoms. The SMILES string of the molecule is COc1ccc(C(C)c2cc(C)c(C)c(OC)c2)cc1CCCCO. The average Bonchev–Trinajstić information content (AvgIpc) is 2.63. The predicted octanol–water partition coefficient (Wildman–Crippen LogP) is 4.79. The Labute approximate surface area is 151 Å². The fourth-order valence-corrected chi connectivity index (χ4v) is 3.20. The number of hydrogen-bond acceptors (Lipinski definition) is 3. The first kappa shape index (κ1) is 19.3. The zero-order chi connectivity index (χ0) is 18.4. The maximum Gasteiger partial charge on any atom is 0.122 e. The van der Waals surface area contributed by atoms with Gasteiger partial charge in [-0.25, -0.2) is 0 Å². The van der Waals surface area contributed by atoms with Gasteiger partial charge in [-0.15, -0.1) is 0 Å². The van der Waals surface area contributed by atoms with Gasteiger partial charge in [0, 0.05) is 12.5 Å². The molecule has 0 aromatic heterocycles. The van der Waals surface area contributed by atoms with Crippen LogP contribution >= 0.6 is 0 Å². The molecule has 0 spiro atoms. The largest absolute Gasteiger partial charge is 0.496 e. The van der Waals surface area contributed by atoms with E-state index in [0.717, 1.165) is 30.8 Å². The Morgan fingerprint density at radius 3 is 2.28 bits per heavy atom. The van der Waals surface area contributed by atoms with Crippen LogP contribution < -0.4 is 9.47 Å². The van der Waals surface area contributed by atoms with Gasteiger partial charge in [-0.2, -0.15) is 0 Å². The fourth-order valence-electron chi connectivity index (χ4n) is 3.20. The monoisotopic (exact) mass is 342 g/mol. The topological polar surface area (TPSA) is 38.7 Å². The van der Waals surface area contributed by atoms with Crippen molar-refractivity contribution < 1.29 is 14.6 Å². The third-order valence-electron chi connectivity index (χ3n) is 5.02. The molecule has 0 fully saturated rings. The van der Waals surface area contributed by atoms with Gasteiger partial charge in [0.1, 0.15) is 11.5 Å². The molecule has 0 amide bonds. The van der Waals surface area contributed by atoms with Gasteiger partial charge in [0.15, 0.2) is 0 Å². The van der Waals surface area contributed by atoms with Crippen LogP contribution in [0.25, 0.3) is 0 Å². The molecule has 1 N–H and O–H groups in total. The molecule has 0 saturated heterocycles. The second-order valence-corrected chi connectivity index (χ2v) is 6.64. The lowest BCUT2D eigenvalue weighted by Crippen LogP contribution is -2.02. The van der Waals surface area contributed by atoms with Crippen LogP contribution in [0.1, 0.15) is 53.5 Å². The van der Waals surface area contributed by atoms with Gasteiger partial charge in [-0.3, -0.25) is 0 Å². The number of ether oxygens (including phenoxy) is 2. The van der Waals surface area contributed by atoms with Crippen LogP contribution in [0.15, 0.2) is 30.3 Å². The first-order valence-corrected chi connectivity index (χ1v) is 8.94. The van der Waals surface area contributed by atoms with Crippen LogP contribution in [0.4, 0.5) is 0 Å². The summed E-state index contributed by atoms with van der Waals surface area (Å²) in [7, 11) is 3.44. The molecule has 0 aliphatic heterocycles. The Balaban J connectivity index is 2.34. The highest BCUT2D eigenvalue weighted by molar-refractivity contribution is 5.47. The van der Waals surface area contributed by atoms with Crippen molar-refractivity contribution >= 4 is 0 Å². The molecule has 2 aromatic carbocycles. The number of hydrogen-bond donors (Lipinski definition) is 1. The van der Waals surface area contributed by atoms with E-state index in [1.165, 1.54) is 27.8 Å². The standard InChI is InChI=1S/C22H30O3/c1-15-12-20(14-22(25-5)16(15)2)17(3)18-9-10-21(24-4)19(13-18)8-6-7-11-23/h9-10,12-14,17,23H,6-8,11H2,1-5H3. The van der Waals surface area contributed by atoms with Crippen molar-refractivity contribution in [3.8, 4) is 11.5 Å². The number of unbranched alkanes of at least 4 members (excludes halogenated alkanes) is 1. The van der Waals surface area contributed by atoms with E-state index in [0.29, 0.717) is 0 Å². The molecule has 136 valence electrons. The molecule has 0 radical (unpaired) electrons. The van der Waals surface area contributed by atoms with Crippen LogP contribution in [-0.4, -0.2) is 25.9 Å². The summed E-state index contributed by atoms with van der Waals surface area (Å²) in [6.07, 6.45) is 2.69. The Bertz CT molecular complexity index is 707. The second-order valence-electron chi connectivity index (χ2n) is 6.64. The Hall–Kier alpha value is -2.00. The van der Waals surface area contributed by atoms with E-state index in [1.54, 1.807) is 14.2 Å². The Kier molecular flexibility index (Phi) is 6.89. The van der Waals surface area contributed by atoms with Gasteiger partial charge in [-0.05, 0) is 73.1 Å². The minimum atomic E-state index is 0.237. The molecule has 0 heterocycles. The Morgan fingerprint density at radius 2 is 1.64 bits per heavy atom. The lowest BCUT2D eigenvalue weighted by molar-refractivity contribution is 0.284. The third kappa shape index (κ3) is 4.55. The molecular formula is C22H30O3. The Morgan fingerprint density at radius 1 is 0.920 bits per heavy atom. The number of aryl methyl sites for hydroxylation is 2. The van der Waals surface area contributed by atoms with E-state index in [9.17, 15) is 0 Å². The van der Waals surface area contributed by atoms with Crippen molar-refractivity contribution in [2.24, 2.45) is 0 Å². The van der Waals surface area contributed by atoms with Gasteiger partial charge >= 0.3 is 0 Å². The van der Waals surface area contributed by atoms with Crippen LogP contribution in [0.5, 0.6) is 11.5 Å². The van der Waals surface area contributed by atoms with E-state index in [4.69, 9.17) is 14.6 Å². The number of rotatable bonds is 8. The van der Waals surface area contributed by atoms with Crippen molar-refractivity contribution in [3.05, 3.63) is 58.1 Å². The van der Waals surface area contributed by atoms with Crippen LogP contribution in [0.2, 0.25) is 0 Å². The molecule has 2 aromatic rings. The molecule has 0 aliphatic rings. The number of benzene rings is 2. The summed E-state index contributed by atoms with van der Waals surface area (Å²) >= 11 is 0. The lowest BCUT2D eigenvalue weighted by Gasteiger charge is -2.18. The van der Waals surface area contributed by atoms with E-state index in [1.807, 2.05) is 0 Å². The first-order chi connectivity index (χ1) is 12.0. The third-order valence-corrected chi connectivity index (χ3v) is 5.02. The van der Waals surface area contributed by atoms with Crippen LogP contribution in [0.3, 0.4) is 0 Å². The van der Waals surface area contributed by atoms with Gasteiger partial charge < -0.3 is 14.6 Å². The first-order valence-electron chi connectivity index (χ1n) is 8.94. The van der Waals surface area contributed by atoms with Crippen LogP contribution in [-0.2, 0) is 6.42 Å². The highest BCUT2D eigenvalue weighted by Gasteiger charge is 2.14. The summed E-state index contributed by atoms with van der Waals surface area (Å²) in [5.41, 5.74) is 6.17. The van der Waals surface area contributed by atoms with E-state index >= 15 is 0 Å². The maximum atomic E-state index is 9.02. The summed E-state index contributed by atoms with van der Waals surface area (Å²) in [6, 6.07) is 10.8. The summed E-state index contributed by atoms with van der Waals surface area (Å²) in [4.78, 5) is 0. The van der Waals surface area contributed by atoms with Crippen molar-refractivity contribution in [3.63, 3.8) is 0 Å². The number of aliphatic hydroxyl groups is 1. The fraction of sp³-hybridized carbons (Fsp3) is 0.455. The van der Waals surface area contributed by atoms with E-state index in [-0.39, 0.29) is 12.5 Å². The lowest BCUT2D eigenvalue weighted by atomic mass is 9.89. The second kappa shape index (κ2) is 8.91. The number of aliphatic hydroxyl groups excluding tert-OH is 1. The predicted molar refractivity (Wildman–Crippen MR) is 103 cm³/mol. The molecular weight excluding hydrogens is 312 g/mol. The van der Waals surface area contributed by atoms with Crippen molar-refractivity contribution in [1.29, 1.82) is 0 Å². The molecule has 0 bridgehead atoms. The highest BCUT2D eigenvalue weighted by atomic mass is 16.5. The van der Waals surface area contributed by atoms with Crippen LogP contribution in [0, 0.1) is 13.8 Å². The van der Waals surface area contributed by atoms with Gasteiger partial charge in [0.2, 0.25) is 0 Å². The van der Waals surface area contributed by atoms with Crippen molar-refractivity contribution in [2.45, 2.75) is 46.0 Å². The van der Waals surface area contributed by atoms with Gasteiger partial charge in [-0.1, -0.05) is 25.1 Å². The smallest absolute Gasteiger partial charge is 0.122 e. The molecule has 2 rings (SSSR count). The summed E-state index contributed by atoms with van der Waals surface area (Å²) in [5, 5.41) is 9.02. The minimum Gasteiger partial charge on any atom is -0.496 e. The molecule has 1 atom stereocenters. The molecule has 0 saturated carbocycles. The quantitative estimate of drug-likeness (QED) is 0.701. The molecule has 25 heavy (non-hydrogen) atoms. The molecule has 1 unspecified atom stereocenters. The van der Waals surface area contributed by atoms with E-state index in [2.05, 4.69) is 51.1 Å². The maximum absolute atomic E-state index is 9.02. The summed E-state index contributed by atoms with van der Waals surface area (Å²) in [5.74, 6) is 2.14. The number of methoxy groups -OCH3 is 2. The van der Waals surface area contributed by atoms with Crippen molar-refractivity contribution in [1.82, 2.24) is 0 Å². The van der Waals surface area contributed by atoms with E-state index < -0.39 is 0 Å².